The molecular weight excluding hydrogens is 232 g/mol. The number of aryl methyl sites for hydroxylation is 2. The van der Waals surface area contributed by atoms with Crippen molar-refractivity contribution in [2.75, 3.05) is 13.1 Å². The summed E-state index contributed by atoms with van der Waals surface area (Å²) in [6.07, 6.45) is 9.18. The Morgan fingerprint density at radius 1 is 1.11 bits per heavy atom. The zero-order valence-electron chi connectivity index (χ0n) is 11.8. The molecule has 2 nitrogen and oxygen atoms in total. The van der Waals surface area contributed by atoms with Crippen molar-refractivity contribution < 1.29 is 0 Å². The molecular formula is C17H26N2. The molecule has 104 valence electrons. The van der Waals surface area contributed by atoms with Gasteiger partial charge in [-0.25, -0.2) is 0 Å². The van der Waals surface area contributed by atoms with Crippen LogP contribution in [0.15, 0.2) is 18.2 Å². The van der Waals surface area contributed by atoms with E-state index in [-0.39, 0.29) is 0 Å². The van der Waals surface area contributed by atoms with Crippen LogP contribution in [0.4, 0.5) is 0 Å². The maximum atomic E-state index is 6.07. The third kappa shape index (κ3) is 2.85. The third-order valence-corrected chi connectivity index (χ3v) is 4.89. The summed E-state index contributed by atoms with van der Waals surface area (Å²) >= 11 is 0. The molecule has 1 aliphatic carbocycles. The second kappa shape index (κ2) is 6.06. The molecule has 1 aliphatic heterocycles. The van der Waals surface area contributed by atoms with E-state index in [4.69, 9.17) is 5.73 Å². The Balaban J connectivity index is 1.82. The van der Waals surface area contributed by atoms with Gasteiger partial charge in [-0.2, -0.15) is 0 Å². The van der Waals surface area contributed by atoms with E-state index in [0.29, 0.717) is 12.0 Å². The summed E-state index contributed by atoms with van der Waals surface area (Å²) in [6, 6.07) is 7.72. The van der Waals surface area contributed by atoms with E-state index in [1.807, 2.05) is 0 Å². The van der Waals surface area contributed by atoms with Crippen molar-refractivity contribution in [3.8, 4) is 0 Å². The Morgan fingerprint density at radius 2 is 1.95 bits per heavy atom. The van der Waals surface area contributed by atoms with Crippen molar-refractivity contribution in [2.24, 2.45) is 5.73 Å². The lowest BCUT2D eigenvalue weighted by molar-refractivity contribution is 0.352. The van der Waals surface area contributed by atoms with Gasteiger partial charge in [0, 0.05) is 18.5 Å². The van der Waals surface area contributed by atoms with Gasteiger partial charge in [0.25, 0.3) is 0 Å². The number of fused-ring (bicyclic) bond motifs is 1. The van der Waals surface area contributed by atoms with E-state index in [1.54, 1.807) is 11.1 Å². The number of rotatable bonds is 3. The largest absolute Gasteiger partial charge is 0.330 e. The minimum atomic E-state index is 0.493. The molecule has 1 saturated heterocycles. The van der Waals surface area contributed by atoms with Gasteiger partial charge in [0.1, 0.15) is 0 Å². The lowest BCUT2D eigenvalue weighted by Crippen LogP contribution is -2.41. The average molecular weight is 258 g/mol. The molecule has 1 aromatic carbocycles. The lowest BCUT2D eigenvalue weighted by atomic mass is 9.83. The minimum absolute atomic E-state index is 0.493. The van der Waals surface area contributed by atoms with Gasteiger partial charge in [-0.15, -0.1) is 0 Å². The van der Waals surface area contributed by atoms with E-state index in [0.717, 1.165) is 13.1 Å². The van der Waals surface area contributed by atoms with Crippen LogP contribution in [0.2, 0.25) is 0 Å². The van der Waals surface area contributed by atoms with Crippen molar-refractivity contribution in [1.82, 2.24) is 5.32 Å². The summed E-state index contributed by atoms with van der Waals surface area (Å²) in [6.45, 7) is 1.92. The Kier molecular flexibility index (Phi) is 4.19. The van der Waals surface area contributed by atoms with Crippen LogP contribution in [-0.4, -0.2) is 19.1 Å². The summed E-state index contributed by atoms with van der Waals surface area (Å²) in [4.78, 5) is 0. The first-order valence-corrected chi connectivity index (χ1v) is 7.93. The summed E-state index contributed by atoms with van der Waals surface area (Å²) in [7, 11) is 0. The van der Waals surface area contributed by atoms with Gasteiger partial charge in [-0.05, 0) is 61.8 Å². The number of benzene rings is 1. The first-order valence-electron chi connectivity index (χ1n) is 7.93. The van der Waals surface area contributed by atoms with Crippen LogP contribution >= 0.6 is 0 Å². The van der Waals surface area contributed by atoms with Gasteiger partial charge in [0.15, 0.2) is 0 Å². The van der Waals surface area contributed by atoms with Gasteiger partial charge in [0.05, 0.1) is 0 Å². The maximum Gasteiger partial charge on any atom is 0.0148 e. The molecule has 0 bridgehead atoms. The highest BCUT2D eigenvalue weighted by Gasteiger charge is 2.24. The zero-order chi connectivity index (χ0) is 13.1. The summed E-state index contributed by atoms with van der Waals surface area (Å²) < 4.78 is 0. The molecule has 1 fully saturated rings. The molecule has 1 heterocycles. The van der Waals surface area contributed by atoms with Gasteiger partial charge in [-0.3, -0.25) is 0 Å². The molecule has 0 spiro atoms. The second-order valence-electron chi connectivity index (χ2n) is 6.13. The molecule has 0 saturated carbocycles. The molecule has 1 aromatic rings. The lowest BCUT2D eigenvalue weighted by Gasteiger charge is -2.31. The van der Waals surface area contributed by atoms with Crippen molar-refractivity contribution in [3.05, 3.63) is 34.9 Å². The first kappa shape index (κ1) is 13.1. The first-order chi connectivity index (χ1) is 9.38. The van der Waals surface area contributed by atoms with Crippen LogP contribution in [0.5, 0.6) is 0 Å². The van der Waals surface area contributed by atoms with Crippen LogP contribution in [0.25, 0.3) is 0 Å². The average Bonchev–Trinajstić information content (AvgIpc) is 2.49. The van der Waals surface area contributed by atoms with E-state index in [1.165, 1.54) is 50.5 Å². The summed E-state index contributed by atoms with van der Waals surface area (Å²) in [5.74, 6) is 0.493. The molecule has 19 heavy (non-hydrogen) atoms. The number of nitrogens with two attached hydrogens (primary N) is 1. The molecule has 3 N–H and O–H groups in total. The van der Waals surface area contributed by atoms with Crippen molar-refractivity contribution in [3.63, 3.8) is 0 Å². The normalized spacial score (nSPS) is 24.8. The zero-order valence-corrected chi connectivity index (χ0v) is 11.8. The van der Waals surface area contributed by atoms with Crippen LogP contribution < -0.4 is 11.1 Å². The highest BCUT2D eigenvalue weighted by atomic mass is 14.9. The molecule has 3 rings (SSSR count). The van der Waals surface area contributed by atoms with Crippen LogP contribution in [0.1, 0.15) is 54.7 Å². The highest BCUT2D eigenvalue weighted by Crippen LogP contribution is 2.29. The van der Waals surface area contributed by atoms with E-state index < -0.39 is 0 Å². The van der Waals surface area contributed by atoms with E-state index in [9.17, 15) is 0 Å². The van der Waals surface area contributed by atoms with Crippen molar-refractivity contribution in [1.29, 1.82) is 0 Å². The molecule has 2 unspecified atom stereocenters. The Hall–Kier alpha value is -0.860. The topological polar surface area (TPSA) is 38.0 Å². The molecule has 0 aromatic heterocycles. The van der Waals surface area contributed by atoms with Crippen LogP contribution in [0, 0.1) is 0 Å². The number of nitrogens with one attached hydrogen (secondary N) is 1. The van der Waals surface area contributed by atoms with Crippen molar-refractivity contribution in [2.45, 2.75) is 56.9 Å². The molecule has 2 aliphatic rings. The van der Waals surface area contributed by atoms with Gasteiger partial charge in [0.2, 0.25) is 0 Å². The van der Waals surface area contributed by atoms with Crippen molar-refractivity contribution >= 4 is 0 Å². The molecule has 0 radical (unpaired) electrons. The number of hydrogen-bond donors (Lipinski definition) is 2. The smallest absolute Gasteiger partial charge is 0.0148 e. The molecule has 2 atom stereocenters. The second-order valence-corrected chi connectivity index (χ2v) is 6.13. The maximum absolute atomic E-state index is 6.07. The monoisotopic (exact) mass is 258 g/mol. The number of hydrogen-bond acceptors (Lipinski definition) is 2. The SMILES string of the molecule is NCC(c1ccc2c(c1)CCCC2)C1CCCCN1. The fourth-order valence-corrected chi connectivity index (χ4v) is 3.74. The number of piperidine rings is 1. The molecule has 2 heteroatoms. The highest BCUT2D eigenvalue weighted by molar-refractivity contribution is 5.36. The predicted molar refractivity (Wildman–Crippen MR) is 80.5 cm³/mol. The van der Waals surface area contributed by atoms with Gasteiger partial charge in [-0.1, -0.05) is 24.6 Å². The third-order valence-electron chi connectivity index (χ3n) is 4.89. The fourth-order valence-electron chi connectivity index (χ4n) is 3.74. The van der Waals surface area contributed by atoms with Gasteiger partial charge >= 0.3 is 0 Å². The summed E-state index contributed by atoms with van der Waals surface area (Å²) in [5, 5.41) is 3.67. The Labute approximate surface area is 116 Å². The standard InChI is InChI=1S/C17H26N2/c18-12-16(17-7-3-4-10-19-17)15-9-8-13-5-1-2-6-14(13)11-15/h8-9,11,16-17,19H,1-7,10,12,18H2. The fraction of sp³-hybridized carbons (Fsp3) is 0.647. The molecule has 0 amide bonds. The van der Waals surface area contributed by atoms with Crippen LogP contribution in [0.3, 0.4) is 0 Å². The summed E-state index contributed by atoms with van der Waals surface area (Å²) in [5.41, 5.74) is 10.7. The van der Waals surface area contributed by atoms with Gasteiger partial charge < -0.3 is 11.1 Å². The predicted octanol–water partition coefficient (Wildman–Crippen LogP) is 2.75. The Morgan fingerprint density at radius 3 is 2.68 bits per heavy atom. The minimum Gasteiger partial charge on any atom is -0.330 e. The van der Waals surface area contributed by atoms with E-state index >= 15 is 0 Å². The Bertz CT molecular complexity index is 421. The quantitative estimate of drug-likeness (QED) is 0.875. The van der Waals surface area contributed by atoms with Crippen LogP contribution in [-0.2, 0) is 12.8 Å². The van der Waals surface area contributed by atoms with E-state index in [2.05, 4.69) is 23.5 Å².